The molecule has 12 rings (SSSR count). The third kappa shape index (κ3) is 5.52. The Bertz CT molecular complexity index is 3510. The van der Waals surface area contributed by atoms with Crippen molar-refractivity contribution < 1.29 is 8.83 Å². The summed E-state index contributed by atoms with van der Waals surface area (Å²) in [6.07, 6.45) is 0. The molecule has 0 bridgehead atoms. The number of hydrogen-bond acceptors (Lipinski definition) is 4. The number of aromatic nitrogens is 2. The van der Waals surface area contributed by atoms with E-state index >= 15 is 0 Å². The normalized spacial score (nSPS) is 11.7. The maximum atomic E-state index is 6.47. The minimum Gasteiger partial charge on any atom is -0.456 e. The monoisotopic (exact) mass is 769 g/mol. The van der Waals surface area contributed by atoms with Crippen molar-refractivity contribution in [3.05, 3.63) is 212 Å². The molecule has 0 fully saturated rings. The fraction of sp³-hybridized carbons (Fsp3) is 0. The first-order valence-corrected chi connectivity index (χ1v) is 20.2. The van der Waals surface area contributed by atoms with E-state index in [0.717, 1.165) is 78.0 Å². The maximum absolute atomic E-state index is 6.47. The van der Waals surface area contributed by atoms with Crippen molar-refractivity contribution in [1.82, 2.24) is 9.55 Å². The Morgan fingerprint density at radius 1 is 0.383 bits per heavy atom. The SMILES string of the molecule is c1ccc(-c2ccc(N(c3ccc(-c4ccc5c(c4)oc4ccc6oc(-c7ccccc7)nc6c45)cc3)c3cccc4c3c3ccccc3n4-c3ccccc3)cc2)cc1. The van der Waals surface area contributed by atoms with Gasteiger partial charge < -0.3 is 18.3 Å². The minimum atomic E-state index is 0.600. The molecule has 12 aromatic rings. The zero-order chi connectivity index (χ0) is 39.6. The van der Waals surface area contributed by atoms with Crippen molar-refractivity contribution in [2.24, 2.45) is 0 Å². The molecule has 0 N–H and O–H groups in total. The summed E-state index contributed by atoms with van der Waals surface area (Å²) >= 11 is 0. The molecule has 3 aromatic heterocycles. The number of hydrogen-bond donors (Lipinski definition) is 0. The van der Waals surface area contributed by atoms with Gasteiger partial charge in [-0.25, -0.2) is 4.98 Å². The predicted octanol–water partition coefficient (Wildman–Crippen LogP) is 15.3. The van der Waals surface area contributed by atoms with Crippen LogP contribution in [0.3, 0.4) is 0 Å². The molecule has 0 saturated carbocycles. The van der Waals surface area contributed by atoms with E-state index in [4.69, 9.17) is 13.8 Å². The quantitative estimate of drug-likeness (QED) is 0.162. The van der Waals surface area contributed by atoms with Crippen LogP contribution in [-0.4, -0.2) is 9.55 Å². The number of fused-ring (bicyclic) bond motifs is 8. The lowest BCUT2D eigenvalue weighted by molar-refractivity contribution is 0.619. The second-order valence-electron chi connectivity index (χ2n) is 15.1. The van der Waals surface area contributed by atoms with Crippen LogP contribution in [0.25, 0.3) is 94.2 Å². The summed E-state index contributed by atoms with van der Waals surface area (Å²) < 4.78 is 15.1. The summed E-state index contributed by atoms with van der Waals surface area (Å²) in [4.78, 5) is 7.32. The predicted molar refractivity (Wildman–Crippen MR) is 247 cm³/mol. The number of furan rings is 1. The van der Waals surface area contributed by atoms with Crippen molar-refractivity contribution in [2.45, 2.75) is 0 Å². The first-order valence-electron chi connectivity index (χ1n) is 20.2. The molecule has 0 aliphatic carbocycles. The van der Waals surface area contributed by atoms with Gasteiger partial charge in [-0.05, 0) is 113 Å². The summed E-state index contributed by atoms with van der Waals surface area (Å²) in [6, 6.07) is 74.7. The molecule has 0 amide bonds. The van der Waals surface area contributed by atoms with Crippen molar-refractivity contribution in [3.63, 3.8) is 0 Å². The Hall–Kier alpha value is -8.15. The molecule has 5 heteroatoms. The Balaban J connectivity index is 0.979. The highest BCUT2D eigenvalue weighted by Gasteiger charge is 2.22. The second kappa shape index (κ2) is 13.8. The largest absolute Gasteiger partial charge is 0.456 e. The van der Waals surface area contributed by atoms with Gasteiger partial charge in [0.1, 0.15) is 16.7 Å². The van der Waals surface area contributed by atoms with Gasteiger partial charge in [-0.2, -0.15) is 0 Å². The van der Waals surface area contributed by atoms with Crippen LogP contribution < -0.4 is 4.90 Å². The number of oxazole rings is 1. The fourth-order valence-electron chi connectivity index (χ4n) is 8.84. The van der Waals surface area contributed by atoms with Crippen LogP contribution >= 0.6 is 0 Å². The Kier molecular flexibility index (Phi) is 7.78. The van der Waals surface area contributed by atoms with Gasteiger partial charge in [0.25, 0.3) is 0 Å². The molecule has 0 spiro atoms. The number of benzene rings is 9. The van der Waals surface area contributed by atoms with Gasteiger partial charge in [0.15, 0.2) is 5.58 Å². The van der Waals surface area contributed by atoms with E-state index in [-0.39, 0.29) is 0 Å². The highest BCUT2D eigenvalue weighted by molar-refractivity contribution is 6.18. The standard InChI is InChI=1S/C55H35N3O2/c1-4-13-36(14-5-1)37-23-28-42(29-24-37)57(47-21-12-22-48-52(47)44-19-10-11-20-46(44)58(48)41-17-8-3-9-18-41)43-30-25-38(26-31-43)40-27-32-45-51(35-40)59-49-33-34-50-54(53(45)49)56-55(60-50)39-15-6-2-7-16-39/h1-35H. The molecule has 0 saturated heterocycles. The third-order valence-corrected chi connectivity index (χ3v) is 11.6. The van der Waals surface area contributed by atoms with Crippen LogP contribution in [-0.2, 0) is 0 Å². The van der Waals surface area contributed by atoms with E-state index < -0.39 is 0 Å². The van der Waals surface area contributed by atoms with Gasteiger partial charge in [0.2, 0.25) is 5.89 Å². The Morgan fingerprint density at radius 3 is 1.70 bits per heavy atom. The Labute approximate surface area is 345 Å². The molecule has 0 radical (unpaired) electrons. The third-order valence-electron chi connectivity index (χ3n) is 11.6. The number of nitrogens with zero attached hydrogens (tertiary/aromatic N) is 3. The Morgan fingerprint density at radius 2 is 0.967 bits per heavy atom. The maximum Gasteiger partial charge on any atom is 0.227 e. The smallest absolute Gasteiger partial charge is 0.227 e. The number of rotatable bonds is 7. The van der Waals surface area contributed by atoms with Crippen molar-refractivity contribution in [2.75, 3.05) is 4.90 Å². The molecule has 5 nitrogen and oxygen atoms in total. The highest BCUT2D eigenvalue weighted by Crippen LogP contribution is 2.45. The first kappa shape index (κ1) is 33.9. The average Bonchev–Trinajstić information content (AvgIpc) is 4.02. The van der Waals surface area contributed by atoms with Crippen LogP contribution in [0.2, 0.25) is 0 Å². The van der Waals surface area contributed by atoms with Gasteiger partial charge in [0, 0.05) is 38.8 Å². The lowest BCUT2D eigenvalue weighted by atomic mass is 10.0. The topological polar surface area (TPSA) is 47.3 Å². The fourth-order valence-corrected chi connectivity index (χ4v) is 8.84. The van der Waals surface area contributed by atoms with Gasteiger partial charge in [-0.3, -0.25) is 0 Å². The second-order valence-corrected chi connectivity index (χ2v) is 15.1. The van der Waals surface area contributed by atoms with Crippen LogP contribution in [0.5, 0.6) is 0 Å². The molecule has 60 heavy (non-hydrogen) atoms. The van der Waals surface area contributed by atoms with Crippen molar-refractivity contribution >= 4 is 71.9 Å². The molecule has 3 heterocycles. The van der Waals surface area contributed by atoms with Crippen molar-refractivity contribution in [1.29, 1.82) is 0 Å². The summed E-state index contributed by atoms with van der Waals surface area (Å²) in [5.74, 6) is 0.600. The van der Waals surface area contributed by atoms with E-state index in [1.165, 1.54) is 27.4 Å². The minimum absolute atomic E-state index is 0.600. The van der Waals surface area contributed by atoms with Crippen molar-refractivity contribution in [3.8, 4) is 39.4 Å². The summed E-state index contributed by atoms with van der Waals surface area (Å²) in [7, 11) is 0. The van der Waals surface area contributed by atoms with Gasteiger partial charge in [-0.1, -0.05) is 121 Å². The lowest BCUT2D eigenvalue weighted by Gasteiger charge is -2.27. The lowest BCUT2D eigenvalue weighted by Crippen LogP contribution is -2.10. The molecular formula is C55H35N3O2. The molecule has 9 aromatic carbocycles. The van der Waals surface area contributed by atoms with Crippen LogP contribution in [0.15, 0.2) is 221 Å². The molecule has 0 atom stereocenters. The first-order chi connectivity index (χ1) is 29.7. The van der Waals surface area contributed by atoms with E-state index in [1.54, 1.807) is 0 Å². The van der Waals surface area contributed by atoms with Gasteiger partial charge in [-0.15, -0.1) is 0 Å². The number of para-hydroxylation sites is 2. The van der Waals surface area contributed by atoms with Crippen LogP contribution in [0.1, 0.15) is 0 Å². The number of anilines is 3. The zero-order valence-corrected chi connectivity index (χ0v) is 32.4. The van der Waals surface area contributed by atoms with E-state index in [0.29, 0.717) is 5.89 Å². The van der Waals surface area contributed by atoms with Gasteiger partial charge in [0.05, 0.1) is 22.1 Å². The molecule has 0 unspecified atom stereocenters. The average molecular weight is 770 g/mol. The zero-order valence-electron chi connectivity index (χ0n) is 32.4. The summed E-state index contributed by atoms with van der Waals surface area (Å²) in [5, 5.41) is 4.37. The molecule has 0 aliphatic rings. The molecule has 282 valence electrons. The van der Waals surface area contributed by atoms with E-state index in [9.17, 15) is 0 Å². The highest BCUT2D eigenvalue weighted by atomic mass is 16.4. The summed E-state index contributed by atoms with van der Waals surface area (Å²) in [6.45, 7) is 0. The molecular weight excluding hydrogens is 735 g/mol. The van der Waals surface area contributed by atoms with E-state index in [2.05, 4.69) is 179 Å². The van der Waals surface area contributed by atoms with E-state index in [1.807, 2.05) is 42.5 Å². The van der Waals surface area contributed by atoms with Crippen LogP contribution in [0, 0.1) is 0 Å². The van der Waals surface area contributed by atoms with Gasteiger partial charge >= 0.3 is 0 Å². The van der Waals surface area contributed by atoms with Crippen LogP contribution in [0.4, 0.5) is 17.1 Å². The molecule has 0 aliphatic heterocycles. The summed E-state index contributed by atoms with van der Waals surface area (Å²) in [5.41, 5.74) is 15.3.